The van der Waals surface area contributed by atoms with E-state index in [4.69, 9.17) is 0 Å². The van der Waals surface area contributed by atoms with Gasteiger partial charge in [0.05, 0.1) is 10.7 Å². The van der Waals surface area contributed by atoms with E-state index in [2.05, 4.69) is 22.4 Å². The second-order valence-corrected chi connectivity index (χ2v) is 7.95. The number of benzene rings is 1. The van der Waals surface area contributed by atoms with Crippen LogP contribution in [0, 0.1) is 6.92 Å². The zero-order valence-corrected chi connectivity index (χ0v) is 17.3. The first kappa shape index (κ1) is 21.2. The van der Waals surface area contributed by atoms with Crippen LogP contribution in [0.1, 0.15) is 45.2 Å². The molecule has 0 radical (unpaired) electrons. The van der Waals surface area contributed by atoms with Crippen molar-refractivity contribution in [1.82, 2.24) is 15.2 Å². The Morgan fingerprint density at radius 3 is 2.69 bits per heavy atom. The molecule has 2 bridgehead atoms. The molecule has 2 atom stereocenters. The van der Waals surface area contributed by atoms with Gasteiger partial charge in [-0.15, -0.1) is 36.2 Å². The minimum absolute atomic E-state index is 0. The van der Waals surface area contributed by atoms with Gasteiger partial charge in [0.25, 0.3) is 5.91 Å². The molecular weight excluding hydrogens is 389 g/mol. The third kappa shape index (κ3) is 4.58. The summed E-state index contributed by atoms with van der Waals surface area (Å²) in [5, 5.41) is 4.66. The van der Waals surface area contributed by atoms with E-state index in [1.54, 1.807) is 11.3 Å². The zero-order valence-electron chi connectivity index (χ0n) is 14.8. The quantitative estimate of drug-likeness (QED) is 0.830. The van der Waals surface area contributed by atoms with Crippen molar-refractivity contribution >= 4 is 42.1 Å². The molecule has 1 N–H and O–H groups in total. The molecule has 0 aliphatic carbocycles. The van der Waals surface area contributed by atoms with Crippen LogP contribution in [0.4, 0.5) is 0 Å². The summed E-state index contributed by atoms with van der Waals surface area (Å²) < 4.78 is 0. The number of thiazole rings is 1. The van der Waals surface area contributed by atoms with Gasteiger partial charge in [-0.25, -0.2) is 4.98 Å². The average Bonchev–Trinajstić information content (AvgIpc) is 3.10. The highest BCUT2D eigenvalue weighted by Crippen LogP contribution is 2.26. The molecule has 1 aromatic carbocycles. The first-order chi connectivity index (χ1) is 11.7. The SMILES string of the molecule is Cc1nc(Cc2ccccc2)sc1C(=O)N1CCC2CCC(C1)N2.Cl.Cl. The van der Waals surface area contributed by atoms with Crippen LogP contribution in [-0.4, -0.2) is 41.0 Å². The summed E-state index contributed by atoms with van der Waals surface area (Å²) >= 11 is 1.56. The molecule has 3 heterocycles. The highest BCUT2D eigenvalue weighted by atomic mass is 35.5. The molecule has 2 aromatic rings. The first-order valence-electron chi connectivity index (χ1n) is 8.74. The molecule has 0 spiro atoms. The summed E-state index contributed by atoms with van der Waals surface area (Å²) in [5.74, 6) is 0.165. The number of amides is 1. The molecule has 4 nitrogen and oxygen atoms in total. The van der Waals surface area contributed by atoms with Gasteiger partial charge in [0.1, 0.15) is 4.88 Å². The van der Waals surface area contributed by atoms with Crippen LogP contribution in [0.3, 0.4) is 0 Å². The Morgan fingerprint density at radius 2 is 1.92 bits per heavy atom. The van der Waals surface area contributed by atoms with Crippen molar-refractivity contribution in [1.29, 1.82) is 0 Å². The molecular formula is C19H25Cl2N3OS. The molecule has 2 saturated heterocycles. The molecule has 1 aromatic heterocycles. The average molecular weight is 414 g/mol. The third-order valence-electron chi connectivity index (χ3n) is 5.04. The summed E-state index contributed by atoms with van der Waals surface area (Å²) in [5.41, 5.74) is 2.11. The van der Waals surface area contributed by atoms with Gasteiger partial charge in [-0.05, 0) is 31.7 Å². The molecule has 2 aliphatic heterocycles. The lowest BCUT2D eigenvalue weighted by atomic mass is 10.1. The van der Waals surface area contributed by atoms with E-state index in [1.165, 1.54) is 18.4 Å². The molecule has 2 fully saturated rings. The van der Waals surface area contributed by atoms with Crippen LogP contribution in [0.15, 0.2) is 30.3 Å². The monoisotopic (exact) mass is 413 g/mol. The number of halogens is 2. The molecule has 142 valence electrons. The predicted octanol–water partition coefficient (Wildman–Crippen LogP) is 3.85. The highest BCUT2D eigenvalue weighted by molar-refractivity contribution is 7.13. The third-order valence-corrected chi connectivity index (χ3v) is 6.19. The van der Waals surface area contributed by atoms with Crippen molar-refractivity contribution < 1.29 is 4.79 Å². The summed E-state index contributed by atoms with van der Waals surface area (Å²) in [7, 11) is 0. The Hall–Kier alpha value is -1.14. The molecule has 2 aliphatic rings. The maximum atomic E-state index is 13.0. The van der Waals surface area contributed by atoms with Crippen molar-refractivity contribution in [3.8, 4) is 0 Å². The zero-order chi connectivity index (χ0) is 16.5. The van der Waals surface area contributed by atoms with Crippen LogP contribution in [0.5, 0.6) is 0 Å². The number of hydrogen-bond donors (Lipinski definition) is 1. The van der Waals surface area contributed by atoms with Crippen molar-refractivity contribution in [2.24, 2.45) is 0 Å². The number of hydrogen-bond acceptors (Lipinski definition) is 4. The maximum Gasteiger partial charge on any atom is 0.265 e. The van der Waals surface area contributed by atoms with Gasteiger partial charge >= 0.3 is 0 Å². The lowest BCUT2D eigenvalue weighted by Gasteiger charge is -2.23. The van der Waals surface area contributed by atoms with Gasteiger partial charge in [-0.2, -0.15) is 0 Å². The lowest BCUT2D eigenvalue weighted by molar-refractivity contribution is 0.0752. The van der Waals surface area contributed by atoms with E-state index < -0.39 is 0 Å². The van der Waals surface area contributed by atoms with Crippen LogP contribution in [-0.2, 0) is 6.42 Å². The summed E-state index contributed by atoms with van der Waals surface area (Å²) in [6.07, 6.45) is 4.31. The number of rotatable bonds is 3. The minimum atomic E-state index is 0. The van der Waals surface area contributed by atoms with E-state index >= 15 is 0 Å². The van der Waals surface area contributed by atoms with Gasteiger partial charge in [0.15, 0.2) is 0 Å². The van der Waals surface area contributed by atoms with E-state index in [0.29, 0.717) is 12.1 Å². The lowest BCUT2D eigenvalue weighted by Crippen LogP contribution is -2.39. The van der Waals surface area contributed by atoms with E-state index in [1.807, 2.05) is 30.0 Å². The Morgan fingerprint density at radius 1 is 1.19 bits per heavy atom. The Balaban J connectivity index is 0.00000121. The van der Waals surface area contributed by atoms with Crippen molar-refractivity contribution in [3.05, 3.63) is 51.5 Å². The van der Waals surface area contributed by atoms with Crippen LogP contribution in [0.2, 0.25) is 0 Å². The first-order valence-corrected chi connectivity index (χ1v) is 9.56. The number of aryl methyl sites for hydroxylation is 1. The maximum absolute atomic E-state index is 13.0. The van der Waals surface area contributed by atoms with Gasteiger partial charge in [0, 0.05) is 31.6 Å². The fourth-order valence-electron chi connectivity index (χ4n) is 3.77. The van der Waals surface area contributed by atoms with Gasteiger partial charge in [-0.3, -0.25) is 4.79 Å². The topological polar surface area (TPSA) is 45.2 Å². The number of fused-ring (bicyclic) bond motifs is 2. The van der Waals surface area contributed by atoms with Crippen LogP contribution >= 0.6 is 36.2 Å². The van der Waals surface area contributed by atoms with Gasteiger partial charge in [-0.1, -0.05) is 30.3 Å². The number of carbonyl (C=O) groups is 1. The van der Waals surface area contributed by atoms with Crippen molar-refractivity contribution in [3.63, 3.8) is 0 Å². The Labute approximate surface area is 171 Å². The number of aromatic nitrogens is 1. The summed E-state index contributed by atoms with van der Waals surface area (Å²) in [4.78, 5) is 20.5. The molecule has 4 rings (SSSR count). The van der Waals surface area contributed by atoms with Crippen LogP contribution in [0.25, 0.3) is 0 Å². The number of nitrogens with zero attached hydrogens (tertiary/aromatic N) is 2. The van der Waals surface area contributed by atoms with E-state index in [0.717, 1.165) is 41.5 Å². The fraction of sp³-hybridized carbons (Fsp3) is 0.474. The van der Waals surface area contributed by atoms with Crippen molar-refractivity contribution in [2.75, 3.05) is 13.1 Å². The van der Waals surface area contributed by atoms with Gasteiger partial charge in [0.2, 0.25) is 0 Å². The van der Waals surface area contributed by atoms with Crippen LogP contribution < -0.4 is 5.32 Å². The minimum Gasteiger partial charge on any atom is -0.336 e. The smallest absolute Gasteiger partial charge is 0.265 e. The van der Waals surface area contributed by atoms with E-state index in [-0.39, 0.29) is 30.7 Å². The highest BCUT2D eigenvalue weighted by Gasteiger charge is 2.32. The van der Waals surface area contributed by atoms with E-state index in [9.17, 15) is 4.79 Å². The number of carbonyl (C=O) groups excluding carboxylic acids is 1. The summed E-state index contributed by atoms with van der Waals surface area (Å²) in [6.45, 7) is 3.65. The number of likely N-dealkylation sites (tertiary alicyclic amines) is 1. The standard InChI is InChI=1S/C19H23N3OS.2ClH/c1-13-18(24-17(20-13)11-14-5-3-2-4-6-14)19(23)22-10-9-15-7-8-16(12-22)21-15;;/h2-6,15-16,21H,7-12H2,1H3;2*1H. The Kier molecular flexibility index (Phi) is 7.47. The number of nitrogens with one attached hydrogen (secondary N) is 1. The predicted molar refractivity (Wildman–Crippen MR) is 111 cm³/mol. The summed E-state index contributed by atoms with van der Waals surface area (Å²) in [6, 6.07) is 11.4. The molecule has 2 unspecified atom stereocenters. The molecule has 1 amide bonds. The molecule has 7 heteroatoms. The fourth-order valence-corrected chi connectivity index (χ4v) is 4.83. The molecule has 26 heavy (non-hydrogen) atoms. The normalized spacial score (nSPS) is 21.5. The van der Waals surface area contributed by atoms with Crippen molar-refractivity contribution in [2.45, 2.75) is 44.7 Å². The van der Waals surface area contributed by atoms with Gasteiger partial charge < -0.3 is 10.2 Å². The largest absolute Gasteiger partial charge is 0.336 e. The second kappa shape index (κ2) is 9.18. The molecule has 0 saturated carbocycles. The second-order valence-electron chi connectivity index (χ2n) is 6.86. The Bertz CT molecular complexity index is 738.